The van der Waals surface area contributed by atoms with Crippen LogP contribution in [0, 0.1) is 0 Å². The SMILES string of the molecule is CCNCc1ccc(Cn2cc(Cl)cn2)c(Br)c1. The number of nitrogens with zero attached hydrogens (tertiary/aromatic N) is 2. The van der Waals surface area contributed by atoms with Crippen molar-refractivity contribution >= 4 is 27.5 Å². The molecule has 0 saturated heterocycles. The van der Waals surface area contributed by atoms with Gasteiger partial charge in [-0.05, 0) is 23.7 Å². The lowest BCUT2D eigenvalue weighted by molar-refractivity contribution is 0.683. The Morgan fingerprint density at radius 2 is 2.28 bits per heavy atom. The summed E-state index contributed by atoms with van der Waals surface area (Å²) in [6, 6.07) is 6.39. The molecule has 0 fully saturated rings. The summed E-state index contributed by atoms with van der Waals surface area (Å²) in [4.78, 5) is 0. The summed E-state index contributed by atoms with van der Waals surface area (Å²) in [6.07, 6.45) is 3.47. The van der Waals surface area contributed by atoms with E-state index < -0.39 is 0 Å². The van der Waals surface area contributed by atoms with E-state index in [0.717, 1.165) is 24.1 Å². The van der Waals surface area contributed by atoms with Gasteiger partial charge in [0.2, 0.25) is 0 Å². The van der Waals surface area contributed by atoms with Crippen molar-refractivity contribution in [1.82, 2.24) is 15.1 Å². The molecule has 0 amide bonds. The summed E-state index contributed by atoms with van der Waals surface area (Å²) < 4.78 is 2.93. The molecule has 18 heavy (non-hydrogen) atoms. The fourth-order valence-electron chi connectivity index (χ4n) is 1.70. The monoisotopic (exact) mass is 327 g/mol. The van der Waals surface area contributed by atoms with Gasteiger partial charge in [-0.25, -0.2) is 0 Å². The second-order valence-corrected chi connectivity index (χ2v) is 5.35. The lowest BCUT2D eigenvalue weighted by atomic mass is 10.1. The summed E-state index contributed by atoms with van der Waals surface area (Å²) in [6.45, 7) is 4.69. The Labute approximate surface area is 120 Å². The third-order valence-corrected chi connectivity index (χ3v) is 3.56. The van der Waals surface area contributed by atoms with Crippen LogP contribution in [-0.2, 0) is 13.1 Å². The highest BCUT2D eigenvalue weighted by atomic mass is 79.9. The highest BCUT2D eigenvalue weighted by molar-refractivity contribution is 9.10. The van der Waals surface area contributed by atoms with Crippen LogP contribution in [0.2, 0.25) is 5.02 Å². The van der Waals surface area contributed by atoms with Crippen LogP contribution in [-0.4, -0.2) is 16.3 Å². The normalized spacial score (nSPS) is 10.8. The minimum Gasteiger partial charge on any atom is -0.313 e. The van der Waals surface area contributed by atoms with E-state index in [-0.39, 0.29) is 0 Å². The van der Waals surface area contributed by atoms with Gasteiger partial charge in [0, 0.05) is 17.2 Å². The summed E-state index contributed by atoms with van der Waals surface area (Å²) in [5, 5.41) is 8.15. The molecule has 1 N–H and O–H groups in total. The van der Waals surface area contributed by atoms with Gasteiger partial charge in [0.25, 0.3) is 0 Å². The first-order valence-electron chi connectivity index (χ1n) is 5.85. The van der Waals surface area contributed by atoms with Crippen LogP contribution in [0.5, 0.6) is 0 Å². The minimum absolute atomic E-state index is 0.662. The fraction of sp³-hybridized carbons (Fsp3) is 0.308. The van der Waals surface area contributed by atoms with Crippen LogP contribution in [0.1, 0.15) is 18.1 Å². The standard InChI is InChI=1S/C13H15BrClN3/c1-2-16-6-10-3-4-11(13(14)5-10)8-18-9-12(15)7-17-18/h3-5,7,9,16H,2,6,8H2,1H3. The van der Waals surface area contributed by atoms with Gasteiger partial charge in [-0.3, -0.25) is 4.68 Å². The second-order valence-electron chi connectivity index (χ2n) is 4.06. The van der Waals surface area contributed by atoms with E-state index in [0.29, 0.717) is 5.02 Å². The number of rotatable bonds is 5. The largest absolute Gasteiger partial charge is 0.313 e. The summed E-state index contributed by atoms with van der Waals surface area (Å²) >= 11 is 9.45. The number of halogens is 2. The Morgan fingerprint density at radius 3 is 2.89 bits per heavy atom. The van der Waals surface area contributed by atoms with E-state index in [1.165, 1.54) is 11.1 Å². The average molecular weight is 329 g/mol. The molecule has 0 aliphatic rings. The Hall–Kier alpha value is -0.840. The molecule has 0 spiro atoms. The van der Waals surface area contributed by atoms with Gasteiger partial charge in [-0.15, -0.1) is 0 Å². The summed E-state index contributed by atoms with van der Waals surface area (Å²) in [5.41, 5.74) is 2.46. The first-order valence-corrected chi connectivity index (χ1v) is 7.02. The zero-order valence-corrected chi connectivity index (χ0v) is 12.5. The van der Waals surface area contributed by atoms with Crippen molar-refractivity contribution in [2.75, 3.05) is 6.54 Å². The molecule has 96 valence electrons. The van der Waals surface area contributed by atoms with E-state index in [2.05, 4.69) is 51.5 Å². The molecule has 0 unspecified atom stereocenters. The van der Waals surface area contributed by atoms with Gasteiger partial charge in [0.15, 0.2) is 0 Å². The van der Waals surface area contributed by atoms with Crippen molar-refractivity contribution < 1.29 is 0 Å². The van der Waals surface area contributed by atoms with Crippen molar-refractivity contribution in [2.24, 2.45) is 0 Å². The zero-order chi connectivity index (χ0) is 13.0. The fourth-order valence-corrected chi connectivity index (χ4v) is 2.41. The van der Waals surface area contributed by atoms with E-state index in [1.54, 1.807) is 6.20 Å². The van der Waals surface area contributed by atoms with Crippen LogP contribution in [0.25, 0.3) is 0 Å². The van der Waals surface area contributed by atoms with Crippen molar-refractivity contribution in [3.05, 3.63) is 51.2 Å². The maximum absolute atomic E-state index is 5.85. The lowest BCUT2D eigenvalue weighted by Crippen LogP contribution is -2.11. The summed E-state index contributed by atoms with van der Waals surface area (Å²) in [5.74, 6) is 0. The van der Waals surface area contributed by atoms with Gasteiger partial charge in [0.1, 0.15) is 0 Å². The molecule has 1 heterocycles. The highest BCUT2D eigenvalue weighted by Gasteiger charge is 2.03. The predicted octanol–water partition coefficient (Wildman–Crippen LogP) is 3.46. The van der Waals surface area contributed by atoms with Gasteiger partial charge >= 0.3 is 0 Å². The molecule has 2 rings (SSSR count). The Bertz CT molecular complexity index is 525. The van der Waals surface area contributed by atoms with Gasteiger partial charge in [-0.1, -0.05) is 46.6 Å². The summed E-state index contributed by atoms with van der Waals surface area (Å²) in [7, 11) is 0. The highest BCUT2D eigenvalue weighted by Crippen LogP contribution is 2.20. The van der Waals surface area contributed by atoms with Crippen molar-refractivity contribution in [1.29, 1.82) is 0 Å². The third-order valence-electron chi connectivity index (χ3n) is 2.63. The van der Waals surface area contributed by atoms with Gasteiger partial charge < -0.3 is 5.32 Å². The topological polar surface area (TPSA) is 29.9 Å². The molecule has 1 aromatic carbocycles. The molecule has 0 saturated carbocycles. The molecule has 0 aliphatic heterocycles. The second kappa shape index (κ2) is 6.36. The van der Waals surface area contributed by atoms with Crippen molar-refractivity contribution in [2.45, 2.75) is 20.0 Å². The Morgan fingerprint density at radius 1 is 1.44 bits per heavy atom. The van der Waals surface area contributed by atoms with E-state index in [1.807, 2.05) is 10.9 Å². The van der Waals surface area contributed by atoms with Crippen LogP contribution < -0.4 is 5.32 Å². The molecule has 0 atom stereocenters. The van der Waals surface area contributed by atoms with E-state index in [9.17, 15) is 0 Å². The molecule has 0 aliphatic carbocycles. The molecule has 3 nitrogen and oxygen atoms in total. The molecule has 2 aromatic rings. The molecule has 1 aromatic heterocycles. The first-order chi connectivity index (χ1) is 8.69. The van der Waals surface area contributed by atoms with Crippen LogP contribution >= 0.6 is 27.5 Å². The van der Waals surface area contributed by atoms with Crippen molar-refractivity contribution in [3.8, 4) is 0 Å². The average Bonchev–Trinajstić information content (AvgIpc) is 2.75. The predicted molar refractivity (Wildman–Crippen MR) is 77.9 cm³/mol. The van der Waals surface area contributed by atoms with Crippen LogP contribution in [0.3, 0.4) is 0 Å². The van der Waals surface area contributed by atoms with Crippen LogP contribution in [0.15, 0.2) is 35.1 Å². The number of aromatic nitrogens is 2. The lowest BCUT2D eigenvalue weighted by Gasteiger charge is -2.08. The maximum Gasteiger partial charge on any atom is 0.0785 e. The van der Waals surface area contributed by atoms with Gasteiger partial charge in [-0.2, -0.15) is 5.10 Å². The minimum atomic E-state index is 0.662. The Kier molecular flexibility index (Phi) is 4.80. The number of hydrogen-bond acceptors (Lipinski definition) is 2. The number of nitrogens with one attached hydrogen (secondary N) is 1. The Balaban J connectivity index is 2.09. The molecule has 0 bridgehead atoms. The maximum atomic E-state index is 5.85. The van der Waals surface area contributed by atoms with E-state index >= 15 is 0 Å². The third kappa shape index (κ3) is 3.57. The smallest absolute Gasteiger partial charge is 0.0785 e. The first kappa shape index (κ1) is 13.6. The molecular weight excluding hydrogens is 314 g/mol. The van der Waals surface area contributed by atoms with Crippen LogP contribution in [0.4, 0.5) is 0 Å². The van der Waals surface area contributed by atoms with Crippen molar-refractivity contribution in [3.63, 3.8) is 0 Å². The molecular formula is C13H15BrClN3. The zero-order valence-electron chi connectivity index (χ0n) is 10.2. The van der Waals surface area contributed by atoms with E-state index in [4.69, 9.17) is 11.6 Å². The number of hydrogen-bond donors (Lipinski definition) is 1. The van der Waals surface area contributed by atoms with Gasteiger partial charge in [0.05, 0.1) is 17.8 Å². The molecule has 0 radical (unpaired) electrons. The quantitative estimate of drug-likeness (QED) is 0.911. The number of benzene rings is 1. The molecule has 5 heteroatoms.